The summed E-state index contributed by atoms with van der Waals surface area (Å²) >= 11 is 0. The first-order valence-corrected chi connectivity index (χ1v) is 24.5. The Morgan fingerprint density at radius 2 is 1.55 bits per heavy atom. The number of amides is 4. The van der Waals surface area contributed by atoms with Gasteiger partial charge in [0.15, 0.2) is 5.60 Å². The smallest absolute Gasteiger partial charge is 0.264 e. The molecule has 5 atom stereocenters. The summed E-state index contributed by atoms with van der Waals surface area (Å²) in [6, 6.07) is 29.6. The highest BCUT2D eigenvalue weighted by atomic mass is 28.3. The van der Waals surface area contributed by atoms with Gasteiger partial charge in [-0.1, -0.05) is 73.7 Å². The van der Waals surface area contributed by atoms with Crippen LogP contribution in [0.25, 0.3) is 0 Å². The predicted octanol–water partition coefficient (Wildman–Crippen LogP) is 6.05. The van der Waals surface area contributed by atoms with Gasteiger partial charge in [0.05, 0.1) is 52.6 Å². The van der Waals surface area contributed by atoms with E-state index in [1.807, 2.05) is 77.7 Å². The van der Waals surface area contributed by atoms with Crippen LogP contribution in [0.15, 0.2) is 91.0 Å². The molecule has 60 heavy (non-hydrogen) atoms. The average molecular weight is 827 g/mol. The molecular weight excluding hydrogens is 773 g/mol. The van der Waals surface area contributed by atoms with Crippen molar-refractivity contribution < 1.29 is 33.8 Å². The number of anilines is 3. The Bertz CT molecular complexity index is 2350. The average Bonchev–Trinajstić information content (AvgIpc) is 4.02. The molecule has 0 radical (unpaired) electrons. The molecule has 11 nitrogen and oxygen atoms in total. The maximum atomic E-state index is 15.7. The molecular formula is C48H54N4O7Si. The SMILES string of the molecule is COc1ccc([Si](C)(C)[C@@H]2[C@@H](CC(=O)N3Cc4ccccc4C[C@H]3CO)O[C@]3(C(=O)N(Cc4cccc(N5CCCC5=O)c4)c4ccc(N5CCCC5=O)cc43)[C@H]2C)cc1. The molecule has 4 amide bonds. The van der Waals surface area contributed by atoms with E-state index in [0.717, 1.165) is 51.8 Å². The van der Waals surface area contributed by atoms with Crippen LogP contribution < -0.4 is 24.6 Å². The second kappa shape index (κ2) is 15.6. The molecule has 0 bridgehead atoms. The molecule has 0 aromatic heterocycles. The summed E-state index contributed by atoms with van der Waals surface area (Å²) in [7, 11) is -0.952. The van der Waals surface area contributed by atoms with Gasteiger partial charge in [0, 0.05) is 55.3 Å². The topological polar surface area (TPSA) is 120 Å². The molecule has 0 unspecified atom stereocenters. The third-order valence-corrected chi connectivity index (χ3v) is 18.5. The van der Waals surface area contributed by atoms with Gasteiger partial charge in [0.2, 0.25) is 17.7 Å². The molecule has 5 aliphatic heterocycles. The quantitative estimate of drug-likeness (QED) is 0.194. The molecule has 1 N–H and O–H groups in total. The number of aliphatic hydroxyl groups is 1. The highest BCUT2D eigenvalue weighted by Crippen LogP contribution is 2.61. The summed E-state index contributed by atoms with van der Waals surface area (Å²) in [6.07, 6.45) is 2.54. The number of carbonyl (C=O) groups is 4. The lowest BCUT2D eigenvalue weighted by Crippen LogP contribution is -2.52. The molecule has 1 spiro atoms. The normalized spacial score (nSPS) is 25.1. The van der Waals surface area contributed by atoms with Crippen molar-refractivity contribution in [2.45, 2.75) is 94.9 Å². The van der Waals surface area contributed by atoms with Gasteiger partial charge in [0.1, 0.15) is 5.75 Å². The zero-order chi connectivity index (χ0) is 41.9. The first-order chi connectivity index (χ1) is 28.9. The number of fused-ring (bicyclic) bond motifs is 3. The Balaban J connectivity index is 1.14. The third kappa shape index (κ3) is 6.63. The van der Waals surface area contributed by atoms with Gasteiger partial charge in [-0.2, -0.15) is 0 Å². The van der Waals surface area contributed by atoms with Gasteiger partial charge in [0.25, 0.3) is 5.91 Å². The minimum absolute atomic E-state index is 0.0425. The number of rotatable bonds is 10. The fourth-order valence-corrected chi connectivity index (χ4v) is 15.0. The second-order valence-corrected chi connectivity index (χ2v) is 22.4. The molecule has 3 saturated heterocycles. The lowest BCUT2D eigenvalue weighted by Gasteiger charge is -2.39. The van der Waals surface area contributed by atoms with Gasteiger partial charge in [-0.05, 0) is 84.0 Å². The van der Waals surface area contributed by atoms with E-state index in [0.29, 0.717) is 50.1 Å². The Kier molecular flexibility index (Phi) is 10.4. The monoisotopic (exact) mass is 826 g/mol. The number of hydrogen-bond acceptors (Lipinski definition) is 7. The van der Waals surface area contributed by atoms with Gasteiger partial charge >= 0.3 is 0 Å². The summed E-state index contributed by atoms with van der Waals surface area (Å²) in [5, 5.41) is 11.7. The van der Waals surface area contributed by atoms with E-state index < -0.39 is 19.8 Å². The molecule has 5 heterocycles. The van der Waals surface area contributed by atoms with Crippen molar-refractivity contribution in [1.82, 2.24) is 4.90 Å². The Morgan fingerprint density at radius 1 is 0.867 bits per heavy atom. The Labute approximate surface area is 352 Å². The van der Waals surface area contributed by atoms with E-state index in [2.05, 4.69) is 38.2 Å². The number of ether oxygens (including phenoxy) is 2. The van der Waals surface area contributed by atoms with Crippen LogP contribution in [-0.4, -0.2) is 80.7 Å². The first-order valence-electron chi connectivity index (χ1n) is 21.4. The van der Waals surface area contributed by atoms with E-state index in [4.69, 9.17) is 9.47 Å². The van der Waals surface area contributed by atoms with Crippen LogP contribution >= 0.6 is 0 Å². The fourth-order valence-electron chi connectivity index (χ4n) is 11.0. The molecule has 3 fully saturated rings. The summed E-state index contributed by atoms with van der Waals surface area (Å²) in [5.74, 6) is 0.214. The predicted molar refractivity (Wildman–Crippen MR) is 233 cm³/mol. The zero-order valence-electron chi connectivity index (χ0n) is 34.9. The number of nitrogens with zero attached hydrogens (tertiary/aromatic N) is 4. The van der Waals surface area contributed by atoms with Crippen LogP contribution in [0.4, 0.5) is 17.1 Å². The lowest BCUT2D eigenvalue weighted by atomic mass is 9.82. The Morgan fingerprint density at radius 3 is 2.20 bits per heavy atom. The highest BCUT2D eigenvalue weighted by Gasteiger charge is 2.66. The van der Waals surface area contributed by atoms with Gasteiger partial charge in [-0.25, -0.2) is 0 Å². The minimum Gasteiger partial charge on any atom is -0.497 e. The molecule has 0 saturated carbocycles. The van der Waals surface area contributed by atoms with Crippen LogP contribution in [0.2, 0.25) is 18.6 Å². The maximum Gasteiger partial charge on any atom is 0.264 e. The molecule has 9 rings (SSSR count). The van der Waals surface area contributed by atoms with E-state index in [1.54, 1.807) is 21.8 Å². The van der Waals surface area contributed by atoms with Crippen LogP contribution in [0.3, 0.4) is 0 Å². The number of carbonyl (C=O) groups excluding carboxylic acids is 4. The van der Waals surface area contributed by atoms with Crippen LogP contribution in [0.1, 0.15) is 61.3 Å². The summed E-state index contributed by atoms with van der Waals surface area (Å²) < 4.78 is 12.9. The summed E-state index contributed by atoms with van der Waals surface area (Å²) in [5.41, 5.74) is 4.41. The van der Waals surface area contributed by atoms with Crippen molar-refractivity contribution in [1.29, 1.82) is 0 Å². The van der Waals surface area contributed by atoms with Crippen molar-refractivity contribution in [2.75, 3.05) is 41.5 Å². The molecule has 12 heteroatoms. The van der Waals surface area contributed by atoms with Crippen LogP contribution in [0, 0.1) is 5.92 Å². The van der Waals surface area contributed by atoms with Crippen LogP contribution in [0.5, 0.6) is 5.75 Å². The summed E-state index contributed by atoms with van der Waals surface area (Å²) in [6.45, 7) is 8.45. The first kappa shape index (κ1) is 40.1. The van der Waals surface area contributed by atoms with Crippen molar-refractivity contribution in [3.05, 3.63) is 113 Å². The molecule has 5 aliphatic rings. The van der Waals surface area contributed by atoms with Gasteiger partial charge < -0.3 is 34.2 Å². The van der Waals surface area contributed by atoms with Crippen LogP contribution in [-0.2, 0) is 49.0 Å². The molecule has 4 aromatic carbocycles. The second-order valence-electron chi connectivity index (χ2n) is 17.8. The van der Waals surface area contributed by atoms with Gasteiger partial charge in [-0.3, -0.25) is 19.2 Å². The lowest BCUT2D eigenvalue weighted by molar-refractivity contribution is -0.151. The number of aliphatic hydroxyl groups excluding tert-OH is 1. The molecule has 4 aromatic rings. The van der Waals surface area contributed by atoms with Crippen molar-refractivity contribution in [3.63, 3.8) is 0 Å². The molecule has 312 valence electrons. The van der Waals surface area contributed by atoms with Crippen molar-refractivity contribution in [3.8, 4) is 5.75 Å². The number of benzene rings is 4. The highest BCUT2D eigenvalue weighted by molar-refractivity contribution is 6.91. The fraction of sp³-hybridized carbons (Fsp3) is 0.417. The van der Waals surface area contributed by atoms with Gasteiger partial charge in [-0.15, -0.1) is 0 Å². The number of methoxy groups -OCH3 is 1. The van der Waals surface area contributed by atoms with Crippen molar-refractivity contribution in [2.24, 2.45) is 5.92 Å². The van der Waals surface area contributed by atoms with E-state index in [-0.39, 0.29) is 60.7 Å². The Hall–Kier alpha value is -5.30. The van der Waals surface area contributed by atoms with E-state index in [9.17, 15) is 19.5 Å². The van der Waals surface area contributed by atoms with E-state index in [1.165, 1.54) is 0 Å². The van der Waals surface area contributed by atoms with Crippen molar-refractivity contribution >= 4 is 54.0 Å². The van der Waals surface area contributed by atoms with E-state index >= 15 is 4.79 Å². The maximum absolute atomic E-state index is 15.7. The largest absolute Gasteiger partial charge is 0.497 e. The minimum atomic E-state index is -2.60. The summed E-state index contributed by atoms with van der Waals surface area (Å²) in [4.78, 5) is 63.5. The molecule has 0 aliphatic carbocycles. The standard InChI is InChI=1S/C48H54N4O7Si/c1-31-46(60(3,4)39-19-17-38(58-2)18-20-39)42(27-45(56)51-29-34-12-6-5-11-33(34)25-37(51)30-53)59-48(31)40-26-36(50-23-9-15-44(50)55)16-21-41(40)52(47(48)57)28-32-10-7-13-35(24-32)49-22-8-14-43(49)54/h5-7,10-13,16-21,24,26,31,37,42,46,53H,8-9,14-15,22-23,25,27-30H2,1-4H3/t31-,37-,42+,46-,48+/m0/s1. The zero-order valence-corrected chi connectivity index (χ0v) is 35.9. The number of hydrogen-bond donors (Lipinski definition) is 1. The third-order valence-electron chi connectivity index (χ3n) is 14.1.